The molecule has 5 aromatic carbocycles. The van der Waals surface area contributed by atoms with E-state index >= 15 is 4.79 Å². The van der Waals surface area contributed by atoms with E-state index < -0.39 is 38.8 Å². The molecular formula is C39H38N2O4S. The molecule has 1 aliphatic rings. The molecule has 3 atom stereocenters. The zero-order valence-corrected chi connectivity index (χ0v) is 27.2. The van der Waals surface area contributed by atoms with Crippen LogP contribution in [0.1, 0.15) is 54.6 Å². The fourth-order valence-corrected chi connectivity index (χ4v) is 7.27. The Morgan fingerprint density at radius 2 is 1.17 bits per heavy atom. The number of amides is 1. The Balaban J connectivity index is 1.67. The van der Waals surface area contributed by atoms with E-state index in [1.54, 1.807) is 42.3 Å². The van der Waals surface area contributed by atoms with Crippen LogP contribution in [0.15, 0.2) is 140 Å². The van der Waals surface area contributed by atoms with E-state index in [2.05, 4.69) is 4.72 Å². The molecule has 0 saturated heterocycles. The maximum absolute atomic E-state index is 15.5. The molecule has 0 aliphatic carbocycles. The predicted octanol–water partition coefficient (Wildman–Crippen LogP) is 7.01. The second kappa shape index (κ2) is 12.3. The largest absolute Gasteiger partial charge is 0.497 e. The van der Waals surface area contributed by atoms with E-state index in [0.29, 0.717) is 22.6 Å². The molecule has 2 unspecified atom stereocenters. The summed E-state index contributed by atoms with van der Waals surface area (Å²) in [5.74, 6) is 0.0898. The maximum atomic E-state index is 15.5. The minimum absolute atomic E-state index is 0.423. The predicted molar refractivity (Wildman–Crippen MR) is 184 cm³/mol. The molecule has 0 radical (unpaired) electrons. The molecule has 6 nitrogen and oxygen atoms in total. The Kier molecular flexibility index (Phi) is 8.42. The van der Waals surface area contributed by atoms with Gasteiger partial charge in [0.05, 0.1) is 34.6 Å². The summed E-state index contributed by atoms with van der Waals surface area (Å²) in [4.78, 5) is 17.3. The molecule has 1 aliphatic heterocycles. The molecular weight excluding hydrogens is 593 g/mol. The number of rotatable bonds is 9. The lowest BCUT2D eigenvalue weighted by Crippen LogP contribution is -2.57. The molecule has 0 saturated carbocycles. The van der Waals surface area contributed by atoms with Crippen LogP contribution in [0.4, 0.5) is 5.69 Å². The first-order valence-corrected chi connectivity index (χ1v) is 16.4. The van der Waals surface area contributed by atoms with Gasteiger partial charge in [0.2, 0.25) is 0 Å². The first kappa shape index (κ1) is 31.4. The van der Waals surface area contributed by atoms with Gasteiger partial charge < -0.3 is 9.84 Å². The molecule has 0 aromatic heterocycles. The molecule has 7 heteroatoms. The normalized spacial score (nSPS) is 17.8. The number of ether oxygens (including phenoxy) is 1. The minimum atomic E-state index is -2.14. The first-order chi connectivity index (χ1) is 22.1. The summed E-state index contributed by atoms with van der Waals surface area (Å²) < 4.78 is 21.7. The number of nitrogens with zero attached hydrogens (tertiary/aromatic N) is 1. The van der Waals surface area contributed by atoms with Gasteiger partial charge in [0.25, 0.3) is 5.91 Å². The molecule has 46 heavy (non-hydrogen) atoms. The Hall–Kier alpha value is -4.56. The van der Waals surface area contributed by atoms with E-state index in [1.165, 1.54) is 0 Å². The van der Waals surface area contributed by atoms with Gasteiger partial charge in [-0.3, -0.25) is 9.69 Å². The van der Waals surface area contributed by atoms with Crippen molar-refractivity contribution in [3.8, 4) is 5.75 Å². The first-order valence-electron chi connectivity index (χ1n) is 15.3. The van der Waals surface area contributed by atoms with Crippen LogP contribution in [0.5, 0.6) is 5.75 Å². The number of fused-ring (bicyclic) bond motifs is 1. The second-order valence-corrected chi connectivity index (χ2v) is 14.4. The topological polar surface area (TPSA) is 78.9 Å². The van der Waals surface area contributed by atoms with Gasteiger partial charge in [-0.15, -0.1) is 0 Å². The number of carbonyl (C=O) groups excluding carboxylic acids is 1. The minimum Gasteiger partial charge on any atom is -0.497 e. The summed E-state index contributed by atoms with van der Waals surface area (Å²) in [5, 5.41) is 13.1. The lowest BCUT2D eigenvalue weighted by atomic mass is 9.75. The summed E-state index contributed by atoms with van der Waals surface area (Å²) in [6, 6.07) is 43.1. The van der Waals surface area contributed by atoms with Gasteiger partial charge in [0.1, 0.15) is 11.3 Å². The van der Waals surface area contributed by atoms with Crippen molar-refractivity contribution in [2.45, 2.75) is 42.7 Å². The molecule has 0 fully saturated rings. The highest BCUT2D eigenvalue weighted by atomic mass is 32.2. The Morgan fingerprint density at radius 1 is 0.717 bits per heavy atom. The molecule has 234 valence electrons. The van der Waals surface area contributed by atoms with Crippen LogP contribution in [0.25, 0.3) is 0 Å². The van der Waals surface area contributed by atoms with Crippen LogP contribution in [0.2, 0.25) is 0 Å². The Morgan fingerprint density at radius 3 is 1.63 bits per heavy atom. The standard InChI is InChI=1S/C39H38N2O4S/c1-37(2,3)46(44)40-35(28-24-26-32(45-4)27-25-28)39(43)33-22-14-15-23-34(33)41(36(39)42)38(29-16-8-5-9-17-29,30-18-10-6-11-19-30)31-20-12-7-13-21-31/h5-27,35,40,43H,1-4H3/t35-,39?,46?/m0/s1. The molecule has 0 bridgehead atoms. The van der Waals surface area contributed by atoms with E-state index in [1.807, 2.05) is 130 Å². The van der Waals surface area contributed by atoms with E-state index in [4.69, 9.17) is 4.74 Å². The average Bonchev–Trinajstić information content (AvgIpc) is 3.32. The van der Waals surface area contributed by atoms with Crippen molar-refractivity contribution in [2.75, 3.05) is 12.0 Å². The summed E-state index contributed by atoms with van der Waals surface area (Å²) in [6.07, 6.45) is 0. The second-order valence-electron chi connectivity index (χ2n) is 12.4. The highest BCUT2D eigenvalue weighted by molar-refractivity contribution is 7.84. The van der Waals surface area contributed by atoms with Crippen LogP contribution in [0, 0.1) is 0 Å². The van der Waals surface area contributed by atoms with Crippen LogP contribution < -0.4 is 14.4 Å². The lowest BCUT2D eigenvalue weighted by molar-refractivity contribution is -0.140. The number of nitrogens with one attached hydrogen (secondary N) is 1. The van der Waals surface area contributed by atoms with Crippen molar-refractivity contribution in [3.05, 3.63) is 167 Å². The number of benzene rings is 5. The van der Waals surface area contributed by atoms with Crippen molar-refractivity contribution < 1.29 is 18.8 Å². The SMILES string of the molecule is COc1ccc([C@H](NS(=O)C(C)(C)C)C2(O)C(=O)N(C(c3ccccc3)(c3ccccc3)c3ccccc3)c3ccccc32)cc1. The summed E-state index contributed by atoms with van der Waals surface area (Å²) in [5.41, 5.74) is 0.826. The van der Waals surface area contributed by atoms with Crippen LogP contribution >= 0.6 is 0 Å². The number of aliphatic hydroxyl groups is 1. The highest BCUT2D eigenvalue weighted by Gasteiger charge is 2.61. The van der Waals surface area contributed by atoms with E-state index in [-0.39, 0.29) is 0 Å². The number of hydrogen-bond donors (Lipinski definition) is 2. The number of para-hydroxylation sites is 1. The third-order valence-electron chi connectivity index (χ3n) is 8.64. The molecule has 1 amide bonds. The fourth-order valence-electron chi connectivity index (χ4n) is 6.40. The number of hydrogen-bond acceptors (Lipinski definition) is 4. The molecule has 6 rings (SSSR count). The van der Waals surface area contributed by atoms with E-state index in [0.717, 1.165) is 16.7 Å². The summed E-state index contributed by atoms with van der Waals surface area (Å²) >= 11 is 0. The highest BCUT2D eigenvalue weighted by Crippen LogP contribution is 2.55. The van der Waals surface area contributed by atoms with Crippen molar-refractivity contribution in [1.82, 2.24) is 4.72 Å². The molecule has 2 N–H and O–H groups in total. The van der Waals surface area contributed by atoms with E-state index in [9.17, 15) is 9.32 Å². The van der Waals surface area contributed by atoms with Gasteiger partial charge in [0, 0.05) is 5.56 Å². The lowest BCUT2D eigenvalue weighted by Gasteiger charge is -2.45. The number of anilines is 1. The zero-order chi connectivity index (χ0) is 32.5. The third-order valence-corrected chi connectivity index (χ3v) is 10.2. The smallest absolute Gasteiger partial charge is 0.267 e. The van der Waals surface area contributed by atoms with Gasteiger partial charge in [-0.2, -0.15) is 0 Å². The number of methoxy groups -OCH3 is 1. The Labute approximate surface area is 273 Å². The van der Waals surface area contributed by atoms with Gasteiger partial charge in [0.15, 0.2) is 5.60 Å². The average molecular weight is 631 g/mol. The van der Waals surface area contributed by atoms with Gasteiger partial charge in [-0.25, -0.2) is 8.93 Å². The maximum Gasteiger partial charge on any atom is 0.267 e. The van der Waals surface area contributed by atoms with Crippen molar-refractivity contribution in [3.63, 3.8) is 0 Å². The van der Waals surface area contributed by atoms with Crippen molar-refractivity contribution in [1.29, 1.82) is 0 Å². The number of carbonyl (C=O) groups is 1. The van der Waals surface area contributed by atoms with Gasteiger partial charge in [-0.05, 0) is 61.2 Å². The summed E-state index contributed by atoms with van der Waals surface area (Å²) in [6.45, 7) is 5.56. The van der Waals surface area contributed by atoms with Crippen LogP contribution in [0.3, 0.4) is 0 Å². The van der Waals surface area contributed by atoms with Gasteiger partial charge >= 0.3 is 0 Å². The third kappa shape index (κ3) is 5.14. The molecule has 1 heterocycles. The quantitative estimate of drug-likeness (QED) is 0.172. The van der Waals surface area contributed by atoms with Crippen molar-refractivity contribution in [2.24, 2.45) is 0 Å². The summed E-state index contributed by atoms with van der Waals surface area (Å²) in [7, 11) is -0.0598. The van der Waals surface area contributed by atoms with Crippen molar-refractivity contribution >= 4 is 22.6 Å². The molecule has 5 aromatic rings. The van der Waals surface area contributed by atoms with Crippen LogP contribution in [-0.4, -0.2) is 27.1 Å². The fraction of sp³-hybridized carbons (Fsp3) is 0.205. The van der Waals surface area contributed by atoms with Crippen LogP contribution in [-0.2, 0) is 26.9 Å². The monoisotopic (exact) mass is 630 g/mol. The molecule has 0 spiro atoms. The van der Waals surface area contributed by atoms with Gasteiger partial charge in [-0.1, -0.05) is 121 Å². The Bertz CT molecular complexity index is 1740. The zero-order valence-electron chi connectivity index (χ0n) is 26.4.